The number of primary amides is 1. The van der Waals surface area contributed by atoms with Gasteiger partial charge in [-0.2, -0.15) is 0 Å². The van der Waals surface area contributed by atoms with Crippen molar-refractivity contribution in [1.82, 2.24) is 0 Å². The predicted molar refractivity (Wildman–Crippen MR) is 99.8 cm³/mol. The number of carbonyl (C=O) groups is 1. The molecule has 0 aliphatic heterocycles. The lowest BCUT2D eigenvalue weighted by atomic mass is 10.3. The van der Waals surface area contributed by atoms with E-state index in [0.717, 1.165) is 0 Å². The van der Waals surface area contributed by atoms with Gasteiger partial charge in [-0.3, -0.25) is 0 Å². The Hall–Kier alpha value is -1.61. The smallest absolute Gasteiger partial charge is 0.399 e. The van der Waals surface area contributed by atoms with Crippen LogP contribution < -0.4 is 16.8 Å². The Labute approximate surface area is 146 Å². The van der Waals surface area contributed by atoms with Crippen LogP contribution in [0.1, 0.15) is 34.6 Å². The van der Waals surface area contributed by atoms with Crippen molar-refractivity contribution in [1.29, 1.82) is 0 Å². The highest BCUT2D eigenvalue weighted by molar-refractivity contribution is 6.62. The molecule has 24 heavy (non-hydrogen) atoms. The molecule has 1 rings (SSSR count). The van der Waals surface area contributed by atoms with Gasteiger partial charge in [-0.05, 0) is 39.0 Å². The van der Waals surface area contributed by atoms with E-state index in [-0.39, 0.29) is 0 Å². The van der Waals surface area contributed by atoms with Crippen molar-refractivity contribution in [2.45, 2.75) is 40.2 Å². The van der Waals surface area contributed by atoms with Crippen LogP contribution in [0.25, 0.3) is 0 Å². The largest absolute Gasteiger partial charge is 0.503 e. The fraction of sp³-hybridized carbons (Fsp3) is 0.562. The third kappa shape index (κ3) is 8.30. The molecule has 5 N–H and O–H groups in total. The zero-order chi connectivity index (χ0) is 18.6. The van der Waals surface area contributed by atoms with Gasteiger partial charge in [0.2, 0.25) is 0 Å². The van der Waals surface area contributed by atoms with Crippen molar-refractivity contribution in [3.8, 4) is 0 Å². The number of nitrogen functional groups attached to an aromatic ring is 1. The van der Waals surface area contributed by atoms with E-state index in [1.54, 1.807) is 24.3 Å². The summed E-state index contributed by atoms with van der Waals surface area (Å²) in [6.07, 6.45) is 0. The molecular formula is C16H31N3O4Si. The quantitative estimate of drug-likeness (QED) is 0.489. The van der Waals surface area contributed by atoms with Crippen LogP contribution in [0, 0.1) is 0 Å². The molecule has 0 radical (unpaired) electrons. The molecule has 0 aliphatic rings. The molecule has 138 valence electrons. The second-order valence-electron chi connectivity index (χ2n) is 5.17. The van der Waals surface area contributed by atoms with Gasteiger partial charge in [0.05, 0.1) is 0 Å². The monoisotopic (exact) mass is 357 g/mol. The fourth-order valence-electron chi connectivity index (χ4n) is 1.99. The molecule has 0 aromatic heterocycles. The van der Waals surface area contributed by atoms with Crippen LogP contribution >= 0.6 is 0 Å². The molecule has 0 saturated heterocycles. The minimum atomic E-state index is -2.37. The van der Waals surface area contributed by atoms with E-state index in [0.29, 0.717) is 36.7 Å². The maximum Gasteiger partial charge on any atom is 0.503 e. The summed E-state index contributed by atoms with van der Waals surface area (Å²) in [4.78, 5) is 10.4. The molecule has 0 fully saturated rings. The maximum atomic E-state index is 10.4. The highest BCUT2D eigenvalue weighted by Gasteiger charge is 2.44. The number of hydrogen-bond donors (Lipinski definition) is 3. The molecular weight excluding hydrogens is 326 g/mol. The number of anilines is 2. The topological polar surface area (TPSA) is 109 Å². The molecule has 0 bridgehead atoms. The Kier molecular flexibility index (Phi) is 11.1. The summed E-state index contributed by atoms with van der Waals surface area (Å²) >= 11 is 0. The van der Waals surface area contributed by atoms with E-state index < -0.39 is 14.8 Å². The lowest BCUT2D eigenvalue weighted by molar-refractivity contribution is 0.0641. The first-order valence-electron chi connectivity index (χ1n) is 8.15. The number of nitrogens with two attached hydrogens (primary N) is 2. The van der Waals surface area contributed by atoms with Crippen LogP contribution in [0.3, 0.4) is 0 Å². The third-order valence-corrected chi connectivity index (χ3v) is 6.39. The van der Waals surface area contributed by atoms with Gasteiger partial charge in [-0.15, -0.1) is 0 Å². The molecule has 0 atom stereocenters. The van der Waals surface area contributed by atoms with Crippen molar-refractivity contribution < 1.29 is 18.1 Å². The Morgan fingerprint density at radius 2 is 1.62 bits per heavy atom. The van der Waals surface area contributed by atoms with E-state index in [2.05, 4.69) is 19.2 Å². The number of rotatable bonds is 8. The minimum Gasteiger partial charge on any atom is -0.399 e. The standard InChI is InChI=1S/C9H22O3Si.C7H9N3O/c1-6-10-13(9(4)5,11-7-2)12-8-3;8-5-2-1-3-6(4-5)10-7(9)11/h9H,6-8H2,1-5H3;1-4H,8H2,(H3,9,10,11). The minimum absolute atomic E-state index is 0.326. The van der Waals surface area contributed by atoms with Crippen molar-refractivity contribution in [3.05, 3.63) is 24.3 Å². The first-order valence-corrected chi connectivity index (χ1v) is 9.95. The van der Waals surface area contributed by atoms with Crippen molar-refractivity contribution >= 4 is 26.2 Å². The average molecular weight is 358 g/mol. The van der Waals surface area contributed by atoms with Crippen LogP contribution in [0.5, 0.6) is 0 Å². The third-order valence-electron chi connectivity index (χ3n) is 2.90. The van der Waals surface area contributed by atoms with Crippen LogP contribution in [-0.2, 0) is 13.3 Å². The zero-order valence-corrected chi connectivity index (χ0v) is 16.3. The number of urea groups is 1. The Morgan fingerprint density at radius 3 is 1.96 bits per heavy atom. The van der Waals surface area contributed by atoms with E-state index in [9.17, 15) is 4.79 Å². The Balaban J connectivity index is 0.000000446. The molecule has 2 amide bonds. The predicted octanol–water partition coefficient (Wildman–Crippen LogP) is 3.20. The molecule has 1 aromatic carbocycles. The van der Waals surface area contributed by atoms with Crippen LogP contribution in [-0.4, -0.2) is 34.7 Å². The lowest BCUT2D eigenvalue weighted by Crippen LogP contribution is -2.48. The fourth-order valence-corrected chi connectivity index (χ4v) is 4.44. The van der Waals surface area contributed by atoms with E-state index in [1.165, 1.54) is 0 Å². The zero-order valence-electron chi connectivity index (χ0n) is 15.3. The van der Waals surface area contributed by atoms with Gasteiger partial charge in [0.25, 0.3) is 0 Å². The molecule has 0 saturated carbocycles. The second kappa shape index (κ2) is 11.9. The number of benzene rings is 1. The van der Waals surface area contributed by atoms with Gasteiger partial charge in [0.1, 0.15) is 0 Å². The number of hydrogen-bond acceptors (Lipinski definition) is 5. The van der Waals surface area contributed by atoms with Gasteiger partial charge in [0, 0.05) is 36.7 Å². The van der Waals surface area contributed by atoms with Crippen molar-refractivity contribution in [3.63, 3.8) is 0 Å². The van der Waals surface area contributed by atoms with Crippen LogP contribution in [0.4, 0.5) is 16.2 Å². The number of carbonyl (C=O) groups excluding carboxylic acids is 1. The summed E-state index contributed by atoms with van der Waals surface area (Å²) in [6.45, 7) is 12.1. The van der Waals surface area contributed by atoms with Crippen LogP contribution in [0.2, 0.25) is 5.54 Å². The SMILES string of the molecule is CCO[Si](OCC)(OCC)C(C)C.NC(=O)Nc1cccc(N)c1. The normalized spacial score (nSPS) is 10.9. The van der Waals surface area contributed by atoms with Gasteiger partial charge in [-0.25, -0.2) is 4.79 Å². The lowest BCUT2D eigenvalue weighted by Gasteiger charge is -2.31. The Morgan fingerprint density at radius 1 is 1.12 bits per heavy atom. The number of nitrogens with one attached hydrogen (secondary N) is 1. The highest BCUT2D eigenvalue weighted by Crippen LogP contribution is 2.24. The average Bonchev–Trinajstić information content (AvgIpc) is 2.47. The van der Waals surface area contributed by atoms with E-state index >= 15 is 0 Å². The Bertz CT molecular complexity index is 469. The van der Waals surface area contributed by atoms with E-state index in [1.807, 2.05) is 20.8 Å². The van der Waals surface area contributed by atoms with Gasteiger partial charge in [0.15, 0.2) is 0 Å². The summed E-state index contributed by atoms with van der Waals surface area (Å²) < 4.78 is 17.0. The summed E-state index contributed by atoms with van der Waals surface area (Å²) in [7, 11) is -2.37. The van der Waals surface area contributed by atoms with Crippen LogP contribution in [0.15, 0.2) is 24.3 Å². The first-order chi connectivity index (χ1) is 11.3. The molecule has 1 aromatic rings. The van der Waals surface area contributed by atoms with E-state index in [4.69, 9.17) is 24.7 Å². The molecule has 0 unspecified atom stereocenters. The van der Waals surface area contributed by atoms with Gasteiger partial charge >= 0.3 is 14.8 Å². The summed E-state index contributed by atoms with van der Waals surface area (Å²) in [5.41, 5.74) is 11.9. The van der Waals surface area contributed by atoms with Gasteiger partial charge in [-0.1, -0.05) is 19.9 Å². The maximum absolute atomic E-state index is 10.4. The second-order valence-corrected chi connectivity index (χ2v) is 8.40. The first kappa shape index (κ1) is 22.4. The summed E-state index contributed by atoms with van der Waals surface area (Å²) in [5, 5.41) is 2.40. The van der Waals surface area contributed by atoms with Crippen molar-refractivity contribution in [2.24, 2.45) is 5.73 Å². The molecule has 7 nitrogen and oxygen atoms in total. The summed E-state index contributed by atoms with van der Waals surface area (Å²) in [5.74, 6) is 0. The molecule has 8 heteroatoms. The van der Waals surface area contributed by atoms with Crippen molar-refractivity contribution in [2.75, 3.05) is 30.9 Å². The molecule has 0 spiro atoms. The van der Waals surface area contributed by atoms with Gasteiger partial charge < -0.3 is 30.1 Å². The highest BCUT2D eigenvalue weighted by atomic mass is 28.4. The number of amides is 2. The summed E-state index contributed by atoms with van der Waals surface area (Å²) in [6, 6.07) is 6.22. The molecule has 0 aliphatic carbocycles. The molecule has 0 heterocycles.